The van der Waals surface area contributed by atoms with Gasteiger partial charge in [-0.3, -0.25) is 4.79 Å². The van der Waals surface area contributed by atoms with Gasteiger partial charge in [-0.1, -0.05) is 19.9 Å². The number of hydrogen-bond acceptors (Lipinski definition) is 4. The van der Waals surface area contributed by atoms with Gasteiger partial charge in [0, 0.05) is 12.5 Å². The number of aromatic amines is 1. The predicted molar refractivity (Wildman–Crippen MR) is 78.9 cm³/mol. The fourth-order valence-electron chi connectivity index (χ4n) is 2.17. The molecule has 1 N–H and O–H groups in total. The summed E-state index contributed by atoms with van der Waals surface area (Å²) in [5, 5.41) is 6.35. The number of aromatic nitrogens is 3. The molecule has 1 aromatic carbocycles. The van der Waals surface area contributed by atoms with Crippen LogP contribution >= 0.6 is 0 Å². The lowest BCUT2D eigenvalue weighted by Gasteiger charge is -2.08. The minimum absolute atomic E-state index is 0.0631. The Balaban J connectivity index is 2.34. The number of ketones is 1. The highest BCUT2D eigenvalue weighted by Gasteiger charge is 2.15. The second-order valence-electron chi connectivity index (χ2n) is 5.30. The largest absolute Gasteiger partial charge is 0.497 e. The van der Waals surface area contributed by atoms with Crippen LogP contribution in [0, 0.1) is 5.92 Å². The summed E-state index contributed by atoms with van der Waals surface area (Å²) in [5.41, 5.74) is 0.260. The number of carbonyl (C=O) groups excluding carboxylic acids is 1. The summed E-state index contributed by atoms with van der Waals surface area (Å²) in [6.07, 6.45) is 0.604. The predicted octanol–water partition coefficient (Wildman–Crippen LogP) is 1.73. The molecule has 112 valence electrons. The standard InChI is InChI=1S/C15H19N3O3/c1-10(2)7-12(19)9-14-16-17-15(20)18(14)11-5-4-6-13(8-11)21-3/h4-6,8,10H,7,9H2,1-3H3,(H,17,20). The number of carbonyl (C=O) groups is 1. The molecule has 1 aromatic heterocycles. The molecule has 6 heteroatoms. The van der Waals surface area contributed by atoms with Crippen molar-refractivity contribution in [2.24, 2.45) is 5.92 Å². The smallest absolute Gasteiger partial charge is 0.347 e. The molecule has 0 radical (unpaired) electrons. The summed E-state index contributed by atoms with van der Waals surface area (Å²) >= 11 is 0. The van der Waals surface area contributed by atoms with Crippen molar-refractivity contribution in [2.75, 3.05) is 7.11 Å². The lowest BCUT2D eigenvalue weighted by atomic mass is 10.1. The molecule has 0 bridgehead atoms. The minimum atomic E-state index is -0.365. The first-order valence-corrected chi connectivity index (χ1v) is 6.83. The second-order valence-corrected chi connectivity index (χ2v) is 5.30. The van der Waals surface area contributed by atoms with Crippen LogP contribution in [0.1, 0.15) is 26.1 Å². The Bertz CT molecular complexity index is 685. The molecule has 0 fully saturated rings. The molecule has 0 saturated carbocycles. The van der Waals surface area contributed by atoms with E-state index in [1.807, 2.05) is 13.8 Å². The molecule has 0 aliphatic rings. The van der Waals surface area contributed by atoms with Crippen molar-refractivity contribution < 1.29 is 9.53 Å². The highest BCUT2D eigenvalue weighted by Crippen LogP contribution is 2.16. The average molecular weight is 289 g/mol. The highest BCUT2D eigenvalue weighted by atomic mass is 16.5. The van der Waals surface area contributed by atoms with Crippen LogP contribution in [0.15, 0.2) is 29.1 Å². The van der Waals surface area contributed by atoms with Crippen LogP contribution in [0.25, 0.3) is 5.69 Å². The van der Waals surface area contributed by atoms with Gasteiger partial charge in [0.2, 0.25) is 0 Å². The number of hydrogen-bond donors (Lipinski definition) is 1. The average Bonchev–Trinajstić information content (AvgIpc) is 2.78. The Morgan fingerprint density at radius 2 is 2.19 bits per heavy atom. The van der Waals surface area contributed by atoms with Gasteiger partial charge in [0.25, 0.3) is 0 Å². The quantitative estimate of drug-likeness (QED) is 0.878. The van der Waals surface area contributed by atoms with Gasteiger partial charge in [0.05, 0.1) is 19.2 Å². The molecule has 0 unspecified atom stereocenters. The molecule has 0 aliphatic carbocycles. The zero-order chi connectivity index (χ0) is 15.4. The second kappa shape index (κ2) is 6.39. The van der Waals surface area contributed by atoms with Gasteiger partial charge in [-0.2, -0.15) is 5.10 Å². The summed E-state index contributed by atoms with van der Waals surface area (Å²) in [5.74, 6) is 1.40. The Hall–Kier alpha value is -2.37. The van der Waals surface area contributed by atoms with Gasteiger partial charge in [0.15, 0.2) is 0 Å². The number of methoxy groups -OCH3 is 1. The molecular weight excluding hydrogens is 270 g/mol. The molecular formula is C15H19N3O3. The zero-order valence-corrected chi connectivity index (χ0v) is 12.4. The fourth-order valence-corrected chi connectivity index (χ4v) is 2.17. The Morgan fingerprint density at radius 1 is 1.43 bits per heavy atom. The number of H-pyrrole nitrogens is 1. The number of nitrogens with zero attached hydrogens (tertiary/aromatic N) is 2. The van der Waals surface area contributed by atoms with Crippen molar-refractivity contribution in [3.63, 3.8) is 0 Å². The van der Waals surface area contributed by atoms with Gasteiger partial charge >= 0.3 is 5.69 Å². The SMILES string of the molecule is COc1cccc(-n2c(CC(=O)CC(C)C)n[nH]c2=O)c1. The van der Waals surface area contributed by atoms with Crippen LogP contribution in [-0.4, -0.2) is 27.7 Å². The van der Waals surface area contributed by atoms with E-state index in [0.29, 0.717) is 23.7 Å². The lowest BCUT2D eigenvalue weighted by Crippen LogP contribution is -2.19. The summed E-state index contributed by atoms with van der Waals surface area (Å²) in [6.45, 7) is 3.97. The lowest BCUT2D eigenvalue weighted by molar-refractivity contribution is -0.119. The molecule has 1 heterocycles. The van der Waals surface area contributed by atoms with Crippen molar-refractivity contribution in [1.82, 2.24) is 14.8 Å². The molecule has 0 amide bonds. The topological polar surface area (TPSA) is 77.0 Å². The van der Waals surface area contributed by atoms with Crippen molar-refractivity contribution >= 4 is 5.78 Å². The van der Waals surface area contributed by atoms with Gasteiger partial charge in [-0.05, 0) is 18.1 Å². The van der Waals surface area contributed by atoms with Gasteiger partial charge in [0.1, 0.15) is 17.4 Å². The highest BCUT2D eigenvalue weighted by molar-refractivity contribution is 5.80. The van der Waals surface area contributed by atoms with E-state index < -0.39 is 0 Å². The van der Waals surface area contributed by atoms with Crippen molar-refractivity contribution in [1.29, 1.82) is 0 Å². The zero-order valence-electron chi connectivity index (χ0n) is 12.4. The first-order valence-electron chi connectivity index (χ1n) is 6.83. The molecule has 0 spiro atoms. The normalized spacial score (nSPS) is 10.9. The van der Waals surface area contributed by atoms with E-state index in [1.165, 1.54) is 4.57 Å². The third-order valence-corrected chi connectivity index (χ3v) is 3.04. The molecule has 2 rings (SSSR count). The van der Waals surface area contributed by atoms with Crippen LogP contribution < -0.4 is 10.4 Å². The van der Waals surface area contributed by atoms with Gasteiger partial charge in [-0.15, -0.1) is 0 Å². The molecule has 0 aliphatic heterocycles. The van der Waals surface area contributed by atoms with Crippen LogP contribution in [0.4, 0.5) is 0 Å². The van der Waals surface area contributed by atoms with Crippen LogP contribution in [0.2, 0.25) is 0 Å². The minimum Gasteiger partial charge on any atom is -0.497 e. The first kappa shape index (κ1) is 15.0. The van der Waals surface area contributed by atoms with Crippen molar-refractivity contribution in [3.8, 4) is 11.4 Å². The number of nitrogens with one attached hydrogen (secondary N) is 1. The van der Waals surface area contributed by atoms with Crippen molar-refractivity contribution in [3.05, 3.63) is 40.6 Å². The maximum atomic E-state index is 11.9. The van der Waals surface area contributed by atoms with Crippen LogP contribution in [-0.2, 0) is 11.2 Å². The van der Waals surface area contributed by atoms with Gasteiger partial charge < -0.3 is 4.74 Å². The van der Waals surface area contributed by atoms with E-state index in [0.717, 1.165) is 0 Å². The fraction of sp³-hybridized carbons (Fsp3) is 0.400. The third-order valence-electron chi connectivity index (χ3n) is 3.04. The van der Waals surface area contributed by atoms with Crippen LogP contribution in [0.3, 0.4) is 0 Å². The van der Waals surface area contributed by atoms with Crippen molar-refractivity contribution in [2.45, 2.75) is 26.7 Å². The summed E-state index contributed by atoms with van der Waals surface area (Å²) in [6, 6.07) is 7.08. The maximum absolute atomic E-state index is 11.9. The van der Waals surface area contributed by atoms with E-state index in [9.17, 15) is 9.59 Å². The molecule has 0 atom stereocenters. The summed E-state index contributed by atoms with van der Waals surface area (Å²) < 4.78 is 6.56. The van der Waals surface area contributed by atoms with Crippen LogP contribution in [0.5, 0.6) is 5.75 Å². The third kappa shape index (κ3) is 3.59. The number of Topliss-reactive ketones (excluding diaryl/α,β-unsaturated/α-hetero) is 1. The van der Waals surface area contributed by atoms with E-state index in [1.54, 1.807) is 31.4 Å². The number of ether oxygens (including phenoxy) is 1. The van der Waals surface area contributed by atoms with E-state index >= 15 is 0 Å². The Kier molecular flexibility index (Phi) is 4.57. The molecule has 0 saturated heterocycles. The van der Waals surface area contributed by atoms with Gasteiger partial charge in [-0.25, -0.2) is 14.5 Å². The first-order chi connectivity index (χ1) is 10.0. The Labute approximate surface area is 122 Å². The summed E-state index contributed by atoms with van der Waals surface area (Å²) in [7, 11) is 1.56. The Morgan fingerprint density at radius 3 is 2.86 bits per heavy atom. The molecule has 21 heavy (non-hydrogen) atoms. The summed E-state index contributed by atoms with van der Waals surface area (Å²) in [4.78, 5) is 23.9. The molecule has 6 nitrogen and oxygen atoms in total. The van der Waals surface area contributed by atoms with E-state index in [2.05, 4.69) is 10.2 Å². The van der Waals surface area contributed by atoms with E-state index in [4.69, 9.17) is 4.74 Å². The number of benzene rings is 1. The molecule has 2 aromatic rings. The monoisotopic (exact) mass is 289 g/mol. The number of rotatable bonds is 6. The van der Waals surface area contributed by atoms with E-state index in [-0.39, 0.29) is 23.8 Å². The maximum Gasteiger partial charge on any atom is 0.347 e.